The first kappa shape index (κ1) is 22.8. The Labute approximate surface area is 148 Å². The van der Waals surface area contributed by atoms with E-state index < -0.39 is 73.0 Å². The molecule has 13 heteroatoms. The summed E-state index contributed by atoms with van der Waals surface area (Å²) in [7, 11) is 0. The summed E-state index contributed by atoms with van der Waals surface area (Å²) in [5.41, 5.74) is 15.0. The first-order valence-corrected chi connectivity index (χ1v) is 7.37. The molecule has 0 aliphatic rings. The predicted octanol–water partition coefficient (Wildman–Crippen LogP) is -4.75. The molecule has 0 radical (unpaired) electrons. The van der Waals surface area contributed by atoms with Crippen molar-refractivity contribution >= 4 is 35.5 Å². The monoisotopic (exact) mass is 374 g/mol. The maximum atomic E-state index is 12.1. The molecular weight excluding hydrogens is 352 g/mol. The van der Waals surface area contributed by atoms with E-state index in [0.717, 1.165) is 0 Å². The molecule has 0 aliphatic carbocycles. The second-order valence-electron chi connectivity index (χ2n) is 5.29. The van der Waals surface area contributed by atoms with Crippen LogP contribution in [0.4, 0.5) is 0 Å². The van der Waals surface area contributed by atoms with Gasteiger partial charge in [0.1, 0.15) is 18.1 Å². The number of carbonyl (C=O) groups excluding carboxylic acids is 5. The summed E-state index contributed by atoms with van der Waals surface area (Å²) < 4.78 is 0. The lowest BCUT2D eigenvalue weighted by molar-refractivity contribution is -0.143. The topological polar surface area (TPSA) is 237 Å². The lowest BCUT2D eigenvalue weighted by Gasteiger charge is -2.21. The zero-order valence-electron chi connectivity index (χ0n) is 14.0. The van der Waals surface area contributed by atoms with Gasteiger partial charge in [-0.2, -0.15) is 0 Å². The maximum Gasteiger partial charge on any atom is 0.326 e. The van der Waals surface area contributed by atoms with Gasteiger partial charge in [-0.25, -0.2) is 4.79 Å². The number of carboxylic acid groups (broad SMARTS) is 1. The molecule has 5 amide bonds. The van der Waals surface area contributed by atoms with Gasteiger partial charge in [0.2, 0.25) is 29.5 Å². The van der Waals surface area contributed by atoms with Gasteiger partial charge >= 0.3 is 5.97 Å². The summed E-state index contributed by atoms with van der Waals surface area (Å²) in [4.78, 5) is 68.1. The number of carboxylic acids is 1. The summed E-state index contributed by atoms with van der Waals surface area (Å²) in [6.07, 6.45) is -1.18. The van der Waals surface area contributed by atoms with Crippen molar-refractivity contribution in [2.75, 3.05) is 6.54 Å². The van der Waals surface area contributed by atoms with Crippen molar-refractivity contribution in [2.24, 2.45) is 17.2 Å². The molecule has 0 saturated heterocycles. The van der Waals surface area contributed by atoms with E-state index in [1.54, 1.807) is 0 Å². The van der Waals surface area contributed by atoms with Crippen molar-refractivity contribution in [3.8, 4) is 0 Å². The summed E-state index contributed by atoms with van der Waals surface area (Å²) in [6.45, 7) is 0.786. The van der Waals surface area contributed by atoms with E-state index in [4.69, 9.17) is 22.3 Å². The van der Waals surface area contributed by atoms with Gasteiger partial charge in [0, 0.05) is 0 Å². The number of nitrogens with one attached hydrogen (secondary N) is 3. The van der Waals surface area contributed by atoms with Gasteiger partial charge in [0.05, 0.1) is 19.4 Å². The van der Waals surface area contributed by atoms with Crippen LogP contribution in [0.3, 0.4) is 0 Å². The molecule has 0 rings (SSSR count). The Morgan fingerprint density at radius 1 is 0.846 bits per heavy atom. The number of rotatable bonds is 11. The Bertz CT molecular complexity index is 594. The van der Waals surface area contributed by atoms with Crippen LogP contribution in [0.1, 0.15) is 19.8 Å². The minimum Gasteiger partial charge on any atom is -0.480 e. The average Bonchev–Trinajstić information content (AvgIpc) is 2.52. The number of primary amides is 2. The number of nitrogens with two attached hydrogens (primary N) is 3. The van der Waals surface area contributed by atoms with E-state index >= 15 is 0 Å². The van der Waals surface area contributed by atoms with Gasteiger partial charge in [-0.15, -0.1) is 0 Å². The van der Waals surface area contributed by atoms with Crippen LogP contribution in [0, 0.1) is 0 Å². The maximum absolute atomic E-state index is 12.1. The van der Waals surface area contributed by atoms with Gasteiger partial charge in [-0.1, -0.05) is 0 Å². The molecule has 0 bridgehead atoms. The fourth-order valence-electron chi connectivity index (χ4n) is 1.74. The van der Waals surface area contributed by atoms with E-state index in [-0.39, 0.29) is 0 Å². The number of hydrogen-bond acceptors (Lipinski definition) is 7. The van der Waals surface area contributed by atoms with Crippen molar-refractivity contribution in [3.05, 3.63) is 0 Å². The highest BCUT2D eigenvalue weighted by Gasteiger charge is 2.28. The Hall–Kier alpha value is -3.22. The van der Waals surface area contributed by atoms with E-state index in [2.05, 4.69) is 10.6 Å². The second kappa shape index (κ2) is 10.6. The van der Waals surface area contributed by atoms with Gasteiger partial charge in [0.15, 0.2) is 0 Å². The van der Waals surface area contributed by atoms with Crippen molar-refractivity contribution < 1.29 is 33.9 Å². The molecule has 0 saturated carbocycles. The largest absolute Gasteiger partial charge is 0.480 e. The summed E-state index contributed by atoms with van der Waals surface area (Å²) in [5, 5.41) is 15.3. The van der Waals surface area contributed by atoms with E-state index in [9.17, 15) is 28.8 Å². The molecule has 0 fully saturated rings. The number of carbonyl (C=O) groups is 6. The average molecular weight is 374 g/mol. The first-order chi connectivity index (χ1) is 12.0. The quantitative estimate of drug-likeness (QED) is 0.185. The Morgan fingerprint density at radius 2 is 1.35 bits per heavy atom. The van der Waals surface area contributed by atoms with Crippen LogP contribution in [0.2, 0.25) is 0 Å². The first-order valence-electron chi connectivity index (χ1n) is 7.37. The molecule has 0 heterocycles. The summed E-state index contributed by atoms with van der Waals surface area (Å²) in [6, 6.07) is -4.18. The smallest absolute Gasteiger partial charge is 0.326 e. The predicted molar refractivity (Wildman–Crippen MR) is 85.8 cm³/mol. The minimum atomic E-state index is -1.57. The molecular formula is C13H22N6O7. The second-order valence-corrected chi connectivity index (χ2v) is 5.29. The van der Waals surface area contributed by atoms with Crippen molar-refractivity contribution in [1.82, 2.24) is 16.0 Å². The minimum absolute atomic E-state index is 0.439. The zero-order valence-corrected chi connectivity index (χ0v) is 14.0. The lowest BCUT2D eigenvalue weighted by atomic mass is 10.1. The zero-order chi connectivity index (χ0) is 20.4. The van der Waals surface area contributed by atoms with E-state index in [1.807, 2.05) is 5.32 Å². The van der Waals surface area contributed by atoms with Crippen molar-refractivity contribution in [2.45, 2.75) is 37.9 Å². The van der Waals surface area contributed by atoms with Gasteiger partial charge < -0.3 is 38.3 Å². The Balaban J connectivity index is 4.93. The Kier molecular flexibility index (Phi) is 9.29. The van der Waals surface area contributed by atoms with Crippen LogP contribution >= 0.6 is 0 Å². The van der Waals surface area contributed by atoms with Crippen LogP contribution in [0.25, 0.3) is 0 Å². The summed E-state index contributed by atoms with van der Waals surface area (Å²) in [5.74, 6) is -5.87. The molecule has 146 valence electrons. The molecule has 10 N–H and O–H groups in total. The molecule has 0 aromatic carbocycles. The molecule has 0 aromatic heterocycles. The van der Waals surface area contributed by atoms with Crippen LogP contribution in [0.15, 0.2) is 0 Å². The highest BCUT2D eigenvalue weighted by molar-refractivity contribution is 5.96. The molecule has 13 nitrogen and oxygen atoms in total. The van der Waals surface area contributed by atoms with Gasteiger partial charge in [0.25, 0.3) is 0 Å². The van der Waals surface area contributed by atoms with Crippen molar-refractivity contribution in [1.29, 1.82) is 0 Å². The SMILES string of the molecule is CC(NC(=O)C(CC(N)=O)NC(=O)CN)C(=O)NC(CC(N)=O)C(=O)O. The highest BCUT2D eigenvalue weighted by atomic mass is 16.4. The number of amides is 5. The van der Waals surface area contributed by atoms with Gasteiger partial charge in [-0.3, -0.25) is 24.0 Å². The molecule has 0 aliphatic heterocycles. The van der Waals surface area contributed by atoms with Crippen LogP contribution in [-0.4, -0.2) is 65.3 Å². The molecule has 0 aromatic rings. The van der Waals surface area contributed by atoms with Crippen molar-refractivity contribution in [3.63, 3.8) is 0 Å². The lowest BCUT2D eigenvalue weighted by Crippen LogP contribution is -2.56. The van der Waals surface area contributed by atoms with Gasteiger partial charge in [-0.05, 0) is 6.92 Å². The third kappa shape index (κ3) is 8.58. The molecule has 26 heavy (non-hydrogen) atoms. The molecule has 3 unspecified atom stereocenters. The Morgan fingerprint density at radius 3 is 1.77 bits per heavy atom. The number of aliphatic carboxylic acids is 1. The van der Waals surface area contributed by atoms with Crippen LogP contribution in [0.5, 0.6) is 0 Å². The highest BCUT2D eigenvalue weighted by Crippen LogP contribution is 1.97. The van der Waals surface area contributed by atoms with E-state index in [1.165, 1.54) is 6.92 Å². The summed E-state index contributed by atoms with van der Waals surface area (Å²) >= 11 is 0. The fourth-order valence-corrected chi connectivity index (χ4v) is 1.74. The molecule has 3 atom stereocenters. The third-order valence-electron chi connectivity index (χ3n) is 3.01. The normalized spacial score (nSPS) is 13.6. The third-order valence-corrected chi connectivity index (χ3v) is 3.01. The van der Waals surface area contributed by atoms with Crippen LogP contribution < -0.4 is 33.2 Å². The fraction of sp³-hybridized carbons (Fsp3) is 0.538. The van der Waals surface area contributed by atoms with E-state index in [0.29, 0.717) is 0 Å². The standard InChI is InChI=1S/C13H22N6O7/c1-5(11(23)19-7(13(25)26)3-9(16)21)17-12(24)6(2-8(15)20)18-10(22)4-14/h5-7H,2-4,14H2,1H3,(H2,15,20)(H2,16,21)(H,17,24)(H,18,22)(H,19,23)(H,25,26). The molecule has 0 spiro atoms. The number of hydrogen-bond donors (Lipinski definition) is 7. The van der Waals surface area contributed by atoms with Crippen LogP contribution in [-0.2, 0) is 28.8 Å².